The van der Waals surface area contributed by atoms with Crippen molar-refractivity contribution >= 4 is 15.8 Å². The number of rotatable bonds is 8. The molecule has 0 aromatic heterocycles. The number of sulfone groups is 1. The van der Waals surface area contributed by atoms with Crippen molar-refractivity contribution in [3.63, 3.8) is 0 Å². The summed E-state index contributed by atoms with van der Waals surface area (Å²) in [4.78, 5) is 4.18. The van der Waals surface area contributed by atoms with Crippen LogP contribution >= 0.6 is 0 Å². The van der Waals surface area contributed by atoms with E-state index in [0.717, 1.165) is 17.5 Å². The maximum Gasteiger partial charge on any atom is 0.191 e. The molecule has 0 saturated heterocycles. The molecular weight excluding hydrogens is 341 g/mol. The molecule has 142 valence electrons. The van der Waals surface area contributed by atoms with Crippen molar-refractivity contribution in [2.45, 2.75) is 33.6 Å². The summed E-state index contributed by atoms with van der Waals surface area (Å²) in [6, 6.07) is 4.81. The van der Waals surface area contributed by atoms with Gasteiger partial charge in [-0.05, 0) is 48.4 Å². The van der Waals surface area contributed by atoms with Gasteiger partial charge in [-0.1, -0.05) is 19.9 Å². The Kier molecular flexibility index (Phi) is 7.86. The number of hydrogen-bond donors (Lipinski definition) is 2. The molecule has 0 aliphatic carbocycles. The zero-order chi connectivity index (χ0) is 19.1. The van der Waals surface area contributed by atoms with Gasteiger partial charge in [-0.2, -0.15) is 0 Å². The van der Waals surface area contributed by atoms with E-state index in [1.165, 1.54) is 18.4 Å². The molecule has 0 atom stereocenters. The van der Waals surface area contributed by atoms with Crippen LogP contribution in [-0.4, -0.2) is 46.5 Å². The summed E-state index contributed by atoms with van der Waals surface area (Å²) in [7, 11) is -1.26. The van der Waals surface area contributed by atoms with Gasteiger partial charge >= 0.3 is 0 Å². The lowest BCUT2D eigenvalue weighted by molar-refractivity contribution is 0.348. The monoisotopic (exact) mass is 371 g/mol. The molecule has 0 fully saturated rings. The first-order chi connectivity index (χ1) is 11.5. The molecule has 0 amide bonds. The molecule has 7 heteroatoms. The van der Waals surface area contributed by atoms with Crippen LogP contribution in [0.2, 0.25) is 0 Å². The fourth-order valence-electron chi connectivity index (χ4n) is 2.35. The van der Waals surface area contributed by atoms with Gasteiger partial charge in [-0.15, -0.1) is 0 Å². The lowest BCUT2D eigenvalue weighted by Gasteiger charge is -2.25. The highest BCUT2D eigenvalue weighted by molar-refractivity contribution is 7.90. The molecule has 1 rings (SSSR count). The fourth-order valence-corrected chi connectivity index (χ4v) is 3.27. The first kappa shape index (κ1) is 21.4. The van der Waals surface area contributed by atoms with E-state index in [9.17, 15) is 12.8 Å². The Hall–Kier alpha value is -1.63. The van der Waals surface area contributed by atoms with Crippen molar-refractivity contribution in [1.29, 1.82) is 0 Å². The second-order valence-electron chi connectivity index (χ2n) is 7.22. The second-order valence-corrected chi connectivity index (χ2v) is 9.48. The average molecular weight is 372 g/mol. The third kappa shape index (κ3) is 8.86. The topological polar surface area (TPSA) is 70.6 Å². The zero-order valence-corrected chi connectivity index (χ0v) is 16.6. The quantitative estimate of drug-likeness (QED) is 0.543. The second kappa shape index (κ2) is 9.17. The minimum Gasteiger partial charge on any atom is -0.356 e. The number of halogens is 1. The van der Waals surface area contributed by atoms with Crippen LogP contribution in [0.25, 0.3) is 0 Å². The van der Waals surface area contributed by atoms with E-state index >= 15 is 0 Å². The Morgan fingerprint density at radius 3 is 2.52 bits per heavy atom. The molecule has 0 saturated carbocycles. The summed E-state index contributed by atoms with van der Waals surface area (Å²) in [5.41, 5.74) is 1.87. The van der Waals surface area contributed by atoms with E-state index in [1.807, 2.05) is 20.8 Å². The Balaban J connectivity index is 2.44. The van der Waals surface area contributed by atoms with Crippen LogP contribution < -0.4 is 10.6 Å². The lowest BCUT2D eigenvalue weighted by Crippen LogP contribution is -2.43. The molecule has 0 aliphatic rings. The van der Waals surface area contributed by atoms with Crippen LogP contribution in [0, 0.1) is 18.2 Å². The summed E-state index contributed by atoms with van der Waals surface area (Å²) in [6.45, 7) is 7.25. The minimum absolute atomic E-state index is 0.158. The van der Waals surface area contributed by atoms with Crippen molar-refractivity contribution in [3.05, 3.63) is 35.1 Å². The number of nitrogens with zero attached hydrogens (tertiary/aromatic N) is 1. The van der Waals surface area contributed by atoms with Gasteiger partial charge in [0.1, 0.15) is 15.7 Å². The molecule has 2 N–H and O–H groups in total. The number of aryl methyl sites for hydroxylation is 1. The van der Waals surface area contributed by atoms with Gasteiger partial charge in [0, 0.05) is 26.4 Å². The standard InChI is InChI=1S/C18H30FN3O2S/c1-14-12-16(19)7-6-15(14)8-10-21-17(20-4)22-13-18(2,3)9-11-25(5,23)24/h6-7,12H,8-11,13H2,1-5H3,(H2,20,21,22). The maximum atomic E-state index is 13.1. The van der Waals surface area contributed by atoms with Crippen molar-refractivity contribution < 1.29 is 12.8 Å². The van der Waals surface area contributed by atoms with Gasteiger partial charge < -0.3 is 10.6 Å². The zero-order valence-electron chi connectivity index (χ0n) is 15.8. The SMILES string of the molecule is CN=C(NCCc1ccc(F)cc1C)NCC(C)(C)CCS(C)(=O)=O. The van der Waals surface area contributed by atoms with Gasteiger partial charge in [0.25, 0.3) is 0 Å². The lowest BCUT2D eigenvalue weighted by atomic mass is 9.90. The number of hydrogen-bond acceptors (Lipinski definition) is 3. The smallest absolute Gasteiger partial charge is 0.191 e. The van der Waals surface area contributed by atoms with E-state index in [1.54, 1.807) is 13.1 Å². The summed E-state index contributed by atoms with van der Waals surface area (Å²) >= 11 is 0. The predicted molar refractivity (Wildman–Crippen MR) is 102 cm³/mol. The van der Waals surface area contributed by atoms with Gasteiger partial charge in [-0.3, -0.25) is 4.99 Å². The highest BCUT2D eigenvalue weighted by Gasteiger charge is 2.20. The van der Waals surface area contributed by atoms with Crippen molar-refractivity contribution in [2.24, 2.45) is 10.4 Å². The number of aliphatic imine (C=N–C) groups is 1. The van der Waals surface area contributed by atoms with Crippen molar-refractivity contribution in [1.82, 2.24) is 10.6 Å². The molecule has 1 aromatic carbocycles. The fraction of sp³-hybridized carbons (Fsp3) is 0.611. The number of guanidine groups is 1. The van der Waals surface area contributed by atoms with Crippen LogP contribution in [0.1, 0.15) is 31.4 Å². The van der Waals surface area contributed by atoms with Crippen LogP contribution in [0.3, 0.4) is 0 Å². The molecule has 0 heterocycles. The van der Waals surface area contributed by atoms with E-state index in [0.29, 0.717) is 25.5 Å². The van der Waals surface area contributed by atoms with Crippen LogP contribution in [0.15, 0.2) is 23.2 Å². The molecule has 0 radical (unpaired) electrons. The Morgan fingerprint density at radius 2 is 1.96 bits per heavy atom. The number of nitrogens with one attached hydrogen (secondary N) is 2. The highest BCUT2D eigenvalue weighted by atomic mass is 32.2. The van der Waals surface area contributed by atoms with Gasteiger partial charge in [0.05, 0.1) is 5.75 Å². The number of benzene rings is 1. The third-order valence-electron chi connectivity index (χ3n) is 4.10. The molecule has 0 unspecified atom stereocenters. The van der Waals surface area contributed by atoms with E-state index in [-0.39, 0.29) is 17.0 Å². The van der Waals surface area contributed by atoms with Gasteiger partial charge in [0.15, 0.2) is 5.96 Å². The average Bonchev–Trinajstić information content (AvgIpc) is 2.50. The predicted octanol–water partition coefficient (Wildman–Crippen LogP) is 2.30. The molecule has 0 spiro atoms. The van der Waals surface area contributed by atoms with Crippen molar-refractivity contribution in [2.75, 3.05) is 32.1 Å². The van der Waals surface area contributed by atoms with Crippen LogP contribution in [-0.2, 0) is 16.3 Å². The summed E-state index contributed by atoms with van der Waals surface area (Å²) in [6.07, 6.45) is 2.61. The third-order valence-corrected chi connectivity index (χ3v) is 5.04. The Labute approximate surface area is 151 Å². The van der Waals surface area contributed by atoms with Crippen LogP contribution in [0.5, 0.6) is 0 Å². The largest absolute Gasteiger partial charge is 0.356 e. The summed E-state index contributed by atoms with van der Waals surface area (Å²) in [5.74, 6) is 0.632. The van der Waals surface area contributed by atoms with Crippen LogP contribution in [0.4, 0.5) is 4.39 Å². The molecule has 1 aromatic rings. The molecule has 0 bridgehead atoms. The van der Waals surface area contributed by atoms with E-state index < -0.39 is 9.84 Å². The maximum absolute atomic E-state index is 13.1. The van der Waals surface area contributed by atoms with Gasteiger partial charge in [0.2, 0.25) is 0 Å². The minimum atomic E-state index is -2.95. The van der Waals surface area contributed by atoms with Crippen molar-refractivity contribution in [3.8, 4) is 0 Å². The van der Waals surface area contributed by atoms with E-state index in [2.05, 4.69) is 15.6 Å². The highest BCUT2D eigenvalue weighted by Crippen LogP contribution is 2.19. The molecule has 5 nitrogen and oxygen atoms in total. The molecule has 25 heavy (non-hydrogen) atoms. The molecule has 0 aliphatic heterocycles. The summed E-state index contributed by atoms with van der Waals surface area (Å²) < 4.78 is 35.8. The summed E-state index contributed by atoms with van der Waals surface area (Å²) in [5, 5.41) is 6.47. The normalized spacial score (nSPS) is 13.0. The Morgan fingerprint density at radius 1 is 1.28 bits per heavy atom. The molecular formula is C18H30FN3O2S. The van der Waals surface area contributed by atoms with Gasteiger partial charge in [-0.25, -0.2) is 12.8 Å². The first-order valence-corrected chi connectivity index (χ1v) is 10.5. The first-order valence-electron chi connectivity index (χ1n) is 8.40. The van der Waals surface area contributed by atoms with E-state index in [4.69, 9.17) is 0 Å². The Bertz CT molecular complexity index is 700.